The highest BCUT2D eigenvalue weighted by Crippen LogP contribution is 2.24. The van der Waals surface area contributed by atoms with Gasteiger partial charge in [0.2, 0.25) is 0 Å². The molecule has 5 nitrogen and oxygen atoms in total. The Bertz CT molecular complexity index is 707. The van der Waals surface area contributed by atoms with Crippen LogP contribution in [0.1, 0.15) is 24.1 Å². The number of nitrogens with zero attached hydrogens (tertiary/aromatic N) is 3. The molecule has 2 N–H and O–H groups in total. The fourth-order valence-corrected chi connectivity index (χ4v) is 3.88. The molecule has 1 aliphatic rings. The fraction of sp³-hybridized carbons (Fsp3) is 0.474. The summed E-state index contributed by atoms with van der Waals surface area (Å²) >= 11 is 1.74. The first-order chi connectivity index (χ1) is 12.7. The molecule has 0 spiro atoms. The second kappa shape index (κ2) is 9.52. The summed E-state index contributed by atoms with van der Waals surface area (Å²) in [6, 6.07) is 6.61. The molecule has 0 amide bonds. The van der Waals surface area contributed by atoms with E-state index in [4.69, 9.17) is 4.98 Å². The van der Waals surface area contributed by atoms with E-state index in [2.05, 4.69) is 25.9 Å². The van der Waals surface area contributed by atoms with Crippen molar-refractivity contribution in [3.05, 3.63) is 46.7 Å². The van der Waals surface area contributed by atoms with Gasteiger partial charge in [0.05, 0.1) is 5.69 Å². The Kier molecular flexibility index (Phi) is 6.82. The van der Waals surface area contributed by atoms with Crippen molar-refractivity contribution in [2.24, 2.45) is 4.99 Å². The number of thiazole rings is 1. The van der Waals surface area contributed by atoms with Crippen molar-refractivity contribution >= 4 is 22.4 Å². The number of hydrogen-bond donors (Lipinski definition) is 2. The predicted octanol–water partition coefficient (Wildman–Crippen LogP) is 2.83. The van der Waals surface area contributed by atoms with Crippen LogP contribution in [0.15, 0.2) is 34.6 Å². The number of aromatic nitrogens is 1. The minimum atomic E-state index is -0.200. The van der Waals surface area contributed by atoms with Crippen molar-refractivity contribution in [2.75, 3.05) is 38.1 Å². The Morgan fingerprint density at radius 3 is 2.54 bits per heavy atom. The van der Waals surface area contributed by atoms with Crippen molar-refractivity contribution in [3.63, 3.8) is 0 Å². The Morgan fingerprint density at radius 1 is 1.15 bits per heavy atom. The van der Waals surface area contributed by atoms with Crippen LogP contribution >= 0.6 is 11.3 Å². The SMILES string of the molecule is CN=C(NCCc1ccc(F)cc1)NCCc1csc(N2CCCC2)n1. The van der Waals surface area contributed by atoms with Gasteiger partial charge in [0.25, 0.3) is 0 Å². The Morgan fingerprint density at radius 2 is 1.85 bits per heavy atom. The van der Waals surface area contributed by atoms with Gasteiger partial charge < -0.3 is 15.5 Å². The first-order valence-corrected chi connectivity index (χ1v) is 10.0. The minimum absolute atomic E-state index is 0.200. The van der Waals surface area contributed by atoms with Gasteiger partial charge in [0, 0.05) is 45.0 Å². The van der Waals surface area contributed by atoms with Gasteiger partial charge >= 0.3 is 0 Å². The molecule has 7 heteroatoms. The maximum Gasteiger partial charge on any atom is 0.190 e. The van der Waals surface area contributed by atoms with E-state index in [-0.39, 0.29) is 5.82 Å². The molecule has 1 aliphatic heterocycles. The monoisotopic (exact) mass is 375 g/mol. The molecule has 26 heavy (non-hydrogen) atoms. The van der Waals surface area contributed by atoms with Gasteiger partial charge in [-0.05, 0) is 37.0 Å². The second-order valence-electron chi connectivity index (χ2n) is 6.37. The molecular formula is C19H26FN5S. The Labute approximate surface area is 158 Å². The Balaban J connectivity index is 1.36. The summed E-state index contributed by atoms with van der Waals surface area (Å²) < 4.78 is 12.9. The van der Waals surface area contributed by atoms with Crippen LogP contribution in [-0.4, -0.2) is 44.2 Å². The van der Waals surface area contributed by atoms with E-state index in [9.17, 15) is 4.39 Å². The van der Waals surface area contributed by atoms with E-state index in [0.29, 0.717) is 0 Å². The van der Waals surface area contributed by atoms with Crippen molar-refractivity contribution in [1.82, 2.24) is 15.6 Å². The number of hydrogen-bond acceptors (Lipinski definition) is 4. The summed E-state index contributed by atoms with van der Waals surface area (Å²) in [6.07, 6.45) is 4.25. The van der Waals surface area contributed by atoms with Gasteiger partial charge in [-0.1, -0.05) is 12.1 Å². The first kappa shape index (κ1) is 18.6. The van der Waals surface area contributed by atoms with Crippen LogP contribution in [0.5, 0.6) is 0 Å². The molecule has 3 rings (SSSR count). The van der Waals surface area contributed by atoms with Gasteiger partial charge in [0.15, 0.2) is 11.1 Å². The maximum atomic E-state index is 12.9. The standard InChI is InChI=1S/C19H26FN5S/c1-21-18(22-10-8-15-4-6-16(20)7-5-15)23-11-9-17-14-26-19(24-17)25-12-2-3-13-25/h4-7,14H,2-3,8-13H2,1H3,(H2,21,22,23). The zero-order valence-electron chi connectivity index (χ0n) is 15.2. The van der Waals surface area contributed by atoms with Gasteiger partial charge in [-0.3, -0.25) is 4.99 Å². The molecule has 140 valence electrons. The summed E-state index contributed by atoms with van der Waals surface area (Å²) in [4.78, 5) is 11.4. The zero-order chi connectivity index (χ0) is 18.2. The number of benzene rings is 1. The molecule has 1 saturated heterocycles. The largest absolute Gasteiger partial charge is 0.356 e. The number of guanidine groups is 1. The summed E-state index contributed by atoms with van der Waals surface area (Å²) in [7, 11) is 1.77. The summed E-state index contributed by atoms with van der Waals surface area (Å²) in [5.41, 5.74) is 2.23. The predicted molar refractivity (Wildman–Crippen MR) is 107 cm³/mol. The van der Waals surface area contributed by atoms with E-state index in [1.807, 2.05) is 12.1 Å². The van der Waals surface area contributed by atoms with E-state index in [1.165, 1.54) is 25.0 Å². The number of nitrogens with one attached hydrogen (secondary N) is 2. The minimum Gasteiger partial charge on any atom is -0.356 e. The number of rotatable bonds is 7. The molecule has 0 radical (unpaired) electrons. The van der Waals surface area contributed by atoms with Crippen LogP contribution in [-0.2, 0) is 12.8 Å². The third kappa shape index (κ3) is 5.42. The molecule has 1 aromatic heterocycles. The lowest BCUT2D eigenvalue weighted by Gasteiger charge is -2.12. The summed E-state index contributed by atoms with van der Waals surface area (Å²) in [5, 5.41) is 9.91. The summed E-state index contributed by atoms with van der Waals surface area (Å²) in [5.74, 6) is 0.580. The lowest BCUT2D eigenvalue weighted by atomic mass is 10.1. The molecule has 0 atom stereocenters. The van der Waals surface area contributed by atoms with Crippen molar-refractivity contribution in [3.8, 4) is 0 Å². The van der Waals surface area contributed by atoms with Crippen LogP contribution in [0.3, 0.4) is 0 Å². The van der Waals surface area contributed by atoms with Gasteiger partial charge in [-0.15, -0.1) is 11.3 Å². The maximum absolute atomic E-state index is 12.9. The molecule has 2 aromatic rings. The van der Waals surface area contributed by atoms with E-state index in [0.717, 1.165) is 61.4 Å². The third-order valence-electron chi connectivity index (χ3n) is 4.43. The van der Waals surface area contributed by atoms with Crippen LogP contribution in [0.2, 0.25) is 0 Å². The highest BCUT2D eigenvalue weighted by atomic mass is 32.1. The molecule has 1 fully saturated rings. The van der Waals surface area contributed by atoms with Crippen molar-refractivity contribution in [1.29, 1.82) is 0 Å². The first-order valence-electron chi connectivity index (χ1n) is 9.13. The normalized spacial score (nSPS) is 14.7. The van der Waals surface area contributed by atoms with E-state index < -0.39 is 0 Å². The van der Waals surface area contributed by atoms with Crippen LogP contribution in [0, 0.1) is 5.82 Å². The molecule has 0 saturated carbocycles. The topological polar surface area (TPSA) is 52.6 Å². The lowest BCUT2D eigenvalue weighted by molar-refractivity contribution is 0.626. The van der Waals surface area contributed by atoms with Crippen LogP contribution < -0.4 is 15.5 Å². The molecule has 0 unspecified atom stereocenters. The number of halogens is 1. The van der Waals surface area contributed by atoms with Gasteiger partial charge in [-0.25, -0.2) is 9.37 Å². The average Bonchev–Trinajstić information content (AvgIpc) is 3.33. The third-order valence-corrected chi connectivity index (χ3v) is 5.38. The quantitative estimate of drug-likeness (QED) is 0.577. The van der Waals surface area contributed by atoms with Crippen LogP contribution in [0.25, 0.3) is 0 Å². The average molecular weight is 376 g/mol. The molecule has 0 aliphatic carbocycles. The van der Waals surface area contributed by atoms with Crippen molar-refractivity contribution in [2.45, 2.75) is 25.7 Å². The van der Waals surface area contributed by atoms with Gasteiger partial charge in [-0.2, -0.15) is 0 Å². The number of anilines is 1. The highest BCUT2D eigenvalue weighted by molar-refractivity contribution is 7.13. The molecule has 1 aromatic carbocycles. The van der Waals surface area contributed by atoms with Gasteiger partial charge in [0.1, 0.15) is 5.82 Å². The highest BCUT2D eigenvalue weighted by Gasteiger charge is 2.15. The van der Waals surface area contributed by atoms with E-state index in [1.54, 1.807) is 18.4 Å². The fourth-order valence-electron chi connectivity index (χ4n) is 2.97. The second-order valence-corrected chi connectivity index (χ2v) is 7.20. The Hall–Kier alpha value is -2.15. The lowest BCUT2D eigenvalue weighted by Crippen LogP contribution is -2.39. The molecule has 0 bridgehead atoms. The molecular weight excluding hydrogens is 349 g/mol. The van der Waals surface area contributed by atoms with E-state index >= 15 is 0 Å². The zero-order valence-corrected chi connectivity index (χ0v) is 16.0. The summed E-state index contributed by atoms with van der Waals surface area (Å²) in [6.45, 7) is 3.81. The molecule has 2 heterocycles. The van der Waals surface area contributed by atoms with Crippen molar-refractivity contribution < 1.29 is 4.39 Å². The number of aliphatic imine (C=N–C) groups is 1. The smallest absolute Gasteiger partial charge is 0.190 e. The van der Waals surface area contributed by atoms with Crippen LogP contribution in [0.4, 0.5) is 9.52 Å².